The van der Waals surface area contributed by atoms with Crippen molar-refractivity contribution in [3.63, 3.8) is 0 Å². The molecule has 2 aromatic rings. The fourth-order valence-electron chi connectivity index (χ4n) is 4.25. The van der Waals surface area contributed by atoms with E-state index in [0.29, 0.717) is 6.04 Å². The Morgan fingerprint density at radius 3 is 3.00 bits per heavy atom. The molecule has 0 saturated carbocycles. The molecule has 5 nitrogen and oxygen atoms in total. The third-order valence-electron chi connectivity index (χ3n) is 5.83. The van der Waals surface area contributed by atoms with Crippen molar-refractivity contribution in [2.45, 2.75) is 38.3 Å². The first-order valence-electron chi connectivity index (χ1n) is 10.3. The summed E-state index contributed by atoms with van der Waals surface area (Å²) in [4.78, 5) is 14.6. The molecule has 0 bridgehead atoms. The van der Waals surface area contributed by atoms with Crippen molar-refractivity contribution in [3.05, 3.63) is 59.2 Å². The molecule has 148 valence electrons. The van der Waals surface area contributed by atoms with E-state index in [1.807, 2.05) is 18.2 Å². The zero-order valence-electron chi connectivity index (χ0n) is 17.0. The number of hydrogen-bond acceptors (Lipinski definition) is 5. The van der Waals surface area contributed by atoms with Crippen LogP contribution in [0, 0.1) is 0 Å². The quantitative estimate of drug-likeness (QED) is 0.793. The van der Waals surface area contributed by atoms with Crippen LogP contribution >= 0.6 is 0 Å². The maximum absolute atomic E-state index is 5.45. The Morgan fingerprint density at radius 2 is 2.11 bits per heavy atom. The van der Waals surface area contributed by atoms with Gasteiger partial charge in [0.05, 0.1) is 13.2 Å². The Hall–Kier alpha value is -2.24. The minimum atomic E-state index is 0.320. The zero-order valence-corrected chi connectivity index (χ0v) is 17.0. The van der Waals surface area contributed by atoms with Crippen LogP contribution in [-0.4, -0.2) is 53.6 Å². The molecule has 1 aromatic carbocycles. The standard InChI is InChI=1S/C23H30N4O/c1-26-15-12-20-19(17-26)16-24-23(25-20)21-10-5-6-13-27(21)14-7-9-18-8-3-4-11-22(18)28-2/h3-4,7-9,11,16,21H,5-6,10,12-15,17H2,1-2H3/b9-7+. The van der Waals surface area contributed by atoms with Crippen molar-refractivity contribution in [1.82, 2.24) is 19.8 Å². The first kappa shape index (κ1) is 19.1. The number of para-hydroxylation sites is 1. The molecule has 1 atom stereocenters. The molecule has 0 amide bonds. The molecule has 0 aliphatic carbocycles. The zero-order chi connectivity index (χ0) is 19.3. The van der Waals surface area contributed by atoms with E-state index in [1.54, 1.807) is 7.11 Å². The molecule has 5 heteroatoms. The normalized spacial score (nSPS) is 21.0. The van der Waals surface area contributed by atoms with Crippen molar-refractivity contribution in [2.24, 2.45) is 0 Å². The van der Waals surface area contributed by atoms with Crippen LogP contribution < -0.4 is 4.74 Å². The number of aromatic nitrogens is 2. The predicted molar refractivity (Wildman–Crippen MR) is 112 cm³/mol. The fourth-order valence-corrected chi connectivity index (χ4v) is 4.25. The van der Waals surface area contributed by atoms with Crippen molar-refractivity contribution in [1.29, 1.82) is 0 Å². The highest BCUT2D eigenvalue weighted by molar-refractivity contribution is 5.57. The van der Waals surface area contributed by atoms with E-state index in [9.17, 15) is 0 Å². The highest BCUT2D eigenvalue weighted by Crippen LogP contribution is 2.30. The van der Waals surface area contributed by atoms with Gasteiger partial charge in [-0.2, -0.15) is 0 Å². The van der Waals surface area contributed by atoms with Crippen LogP contribution in [0.5, 0.6) is 5.75 Å². The van der Waals surface area contributed by atoms with Gasteiger partial charge in [0.25, 0.3) is 0 Å². The van der Waals surface area contributed by atoms with E-state index < -0.39 is 0 Å². The molecule has 2 aliphatic heterocycles. The molecule has 1 fully saturated rings. The molecule has 1 aromatic heterocycles. The Morgan fingerprint density at radius 1 is 1.21 bits per heavy atom. The molecule has 28 heavy (non-hydrogen) atoms. The second-order valence-corrected chi connectivity index (χ2v) is 7.84. The number of nitrogens with zero attached hydrogens (tertiary/aromatic N) is 4. The number of likely N-dealkylation sites (tertiary alicyclic amines) is 1. The molecule has 0 radical (unpaired) electrons. The lowest BCUT2D eigenvalue weighted by Gasteiger charge is -2.34. The number of piperidine rings is 1. The van der Waals surface area contributed by atoms with Gasteiger partial charge in [-0.05, 0) is 32.5 Å². The number of fused-ring (bicyclic) bond motifs is 1. The average Bonchev–Trinajstić information content (AvgIpc) is 2.74. The Balaban J connectivity index is 1.48. The van der Waals surface area contributed by atoms with Crippen molar-refractivity contribution in [2.75, 3.05) is 33.8 Å². The van der Waals surface area contributed by atoms with Crippen LogP contribution in [0.1, 0.15) is 47.9 Å². The fraction of sp³-hybridized carbons (Fsp3) is 0.478. The van der Waals surface area contributed by atoms with E-state index in [4.69, 9.17) is 14.7 Å². The van der Waals surface area contributed by atoms with E-state index in [2.05, 4.69) is 41.3 Å². The first-order chi connectivity index (χ1) is 13.7. The molecule has 0 spiro atoms. The summed E-state index contributed by atoms with van der Waals surface area (Å²) >= 11 is 0. The lowest BCUT2D eigenvalue weighted by atomic mass is 10.0. The summed E-state index contributed by atoms with van der Waals surface area (Å²) in [5.74, 6) is 1.92. The highest BCUT2D eigenvalue weighted by Gasteiger charge is 2.26. The number of methoxy groups -OCH3 is 1. The van der Waals surface area contributed by atoms with Gasteiger partial charge < -0.3 is 9.64 Å². The van der Waals surface area contributed by atoms with Gasteiger partial charge in [-0.3, -0.25) is 4.90 Å². The average molecular weight is 379 g/mol. The van der Waals surface area contributed by atoms with E-state index >= 15 is 0 Å². The van der Waals surface area contributed by atoms with Gasteiger partial charge in [0.15, 0.2) is 0 Å². The molecule has 2 aliphatic rings. The summed E-state index contributed by atoms with van der Waals surface area (Å²) in [7, 11) is 3.88. The van der Waals surface area contributed by atoms with Gasteiger partial charge in [-0.15, -0.1) is 0 Å². The molecular weight excluding hydrogens is 348 g/mol. The highest BCUT2D eigenvalue weighted by atomic mass is 16.5. The monoisotopic (exact) mass is 378 g/mol. The SMILES string of the molecule is COc1ccccc1/C=C/CN1CCCCC1c1ncc2c(n1)CCN(C)C2. The number of rotatable bonds is 5. The smallest absolute Gasteiger partial charge is 0.145 e. The van der Waals surface area contributed by atoms with Crippen LogP contribution in [0.25, 0.3) is 6.08 Å². The number of hydrogen-bond donors (Lipinski definition) is 0. The third kappa shape index (κ3) is 4.26. The second kappa shape index (κ2) is 8.84. The van der Waals surface area contributed by atoms with E-state index in [-0.39, 0.29) is 0 Å². The summed E-state index contributed by atoms with van der Waals surface area (Å²) in [5, 5.41) is 0. The van der Waals surface area contributed by atoms with Crippen LogP contribution in [0.4, 0.5) is 0 Å². The second-order valence-electron chi connectivity index (χ2n) is 7.84. The largest absolute Gasteiger partial charge is 0.496 e. The Labute approximate surface area is 168 Å². The summed E-state index contributed by atoms with van der Waals surface area (Å²) in [6.45, 7) is 4.06. The predicted octanol–water partition coefficient (Wildman–Crippen LogP) is 3.71. The lowest BCUT2D eigenvalue weighted by molar-refractivity contribution is 0.158. The molecule has 0 N–H and O–H groups in total. The van der Waals surface area contributed by atoms with Crippen LogP contribution in [0.2, 0.25) is 0 Å². The van der Waals surface area contributed by atoms with Crippen molar-refractivity contribution < 1.29 is 4.74 Å². The van der Waals surface area contributed by atoms with Gasteiger partial charge in [0.2, 0.25) is 0 Å². The van der Waals surface area contributed by atoms with Gasteiger partial charge in [-0.1, -0.05) is 36.8 Å². The molecule has 4 rings (SSSR count). The minimum absolute atomic E-state index is 0.320. The molecule has 1 unspecified atom stereocenters. The minimum Gasteiger partial charge on any atom is -0.496 e. The van der Waals surface area contributed by atoms with Gasteiger partial charge in [0.1, 0.15) is 11.6 Å². The van der Waals surface area contributed by atoms with Crippen LogP contribution in [-0.2, 0) is 13.0 Å². The number of benzene rings is 1. The summed E-state index contributed by atoms with van der Waals surface area (Å²) < 4.78 is 5.45. The van der Waals surface area contributed by atoms with Gasteiger partial charge in [-0.25, -0.2) is 9.97 Å². The van der Waals surface area contributed by atoms with E-state index in [0.717, 1.165) is 56.2 Å². The van der Waals surface area contributed by atoms with Crippen molar-refractivity contribution in [3.8, 4) is 5.75 Å². The summed E-state index contributed by atoms with van der Waals surface area (Å²) in [6, 6.07) is 8.46. The first-order valence-corrected chi connectivity index (χ1v) is 10.3. The van der Waals surface area contributed by atoms with Gasteiger partial charge in [0, 0.05) is 49.1 Å². The molecular formula is C23H30N4O. The Bertz CT molecular complexity index is 835. The topological polar surface area (TPSA) is 41.5 Å². The van der Waals surface area contributed by atoms with Crippen LogP contribution in [0.3, 0.4) is 0 Å². The maximum Gasteiger partial charge on any atom is 0.145 e. The van der Waals surface area contributed by atoms with E-state index in [1.165, 1.54) is 24.1 Å². The van der Waals surface area contributed by atoms with Gasteiger partial charge >= 0.3 is 0 Å². The molecule has 1 saturated heterocycles. The maximum atomic E-state index is 5.45. The van der Waals surface area contributed by atoms with Crippen molar-refractivity contribution >= 4 is 6.08 Å². The van der Waals surface area contributed by atoms with Crippen LogP contribution in [0.15, 0.2) is 36.5 Å². The third-order valence-corrected chi connectivity index (χ3v) is 5.83. The number of likely N-dealkylation sites (N-methyl/N-ethyl adjacent to an activating group) is 1. The summed E-state index contributed by atoms with van der Waals surface area (Å²) in [5.41, 5.74) is 3.65. The Kier molecular flexibility index (Phi) is 6.03. The lowest BCUT2D eigenvalue weighted by Crippen LogP contribution is -2.35. The summed E-state index contributed by atoms with van der Waals surface area (Å²) in [6.07, 6.45) is 11.1. The molecule has 3 heterocycles. The number of ether oxygens (including phenoxy) is 1.